The Hall–Kier alpha value is -2.61. The zero-order chi connectivity index (χ0) is 18.3. The molecule has 3 aliphatic heterocycles. The van der Waals surface area contributed by atoms with Crippen molar-refractivity contribution in [3.05, 3.63) is 24.3 Å². The molecule has 8 nitrogen and oxygen atoms in total. The molecule has 2 saturated heterocycles. The van der Waals surface area contributed by atoms with Crippen LogP contribution in [0.4, 0.5) is 4.79 Å². The summed E-state index contributed by atoms with van der Waals surface area (Å²) in [6.07, 6.45) is 1.45. The first kappa shape index (κ1) is 16.8. The van der Waals surface area contributed by atoms with Gasteiger partial charge in [0.25, 0.3) is 0 Å². The molecule has 2 fully saturated rings. The van der Waals surface area contributed by atoms with E-state index in [1.165, 1.54) is 7.05 Å². The Morgan fingerprint density at radius 1 is 1.12 bits per heavy atom. The van der Waals surface area contributed by atoms with Crippen molar-refractivity contribution in [3.8, 4) is 11.5 Å². The second-order valence-electron chi connectivity index (χ2n) is 6.88. The van der Waals surface area contributed by atoms with Gasteiger partial charge < -0.3 is 9.47 Å². The molecule has 2 atom stereocenters. The Morgan fingerprint density at radius 3 is 2.62 bits per heavy atom. The van der Waals surface area contributed by atoms with E-state index in [0.29, 0.717) is 26.1 Å². The van der Waals surface area contributed by atoms with Gasteiger partial charge in [-0.1, -0.05) is 12.1 Å². The van der Waals surface area contributed by atoms with Crippen molar-refractivity contribution in [2.75, 3.05) is 33.3 Å². The van der Waals surface area contributed by atoms with Crippen molar-refractivity contribution >= 4 is 17.8 Å². The van der Waals surface area contributed by atoms with Crippen molar-refractivity contribution in [3.63, 3.8) is 0 Å². The largest absolute Gasteiger partial charge is 0.486 e. The number of likely N-dealkylation sites (tertiary alicyclic amines) is 1. The van der Waals surface area contributed by atoms with Gasteiger partial charge in [-0.2, -0.15) is 0 Å². The fourth-order valence-electron chi connectivity index (χ4n) is 3.75. The third kappa shape index (κ3) is 2.90. The molecular weight excluding hydrogens is 338 g/mol. The SMILES string of the molecule is CN1C(=O)C(=O)N([C@H]2CCCN(C[C@H]3COc4ccccc4O3)C2)C1=O. The Bertz CT molecular complexity index is 752. The summed E-state index contributed by atoms with van der Waals surface area (Å²) in [7, 11) is 1.34. The highest BCUT2D eigenvalue weighted by molar-refractivity contribution is 6.44. The number of para-hydroxylation sites is 2. The maximum Gasteiger partial charge on any atom is 0.334 e. The lowest BCUT2D eigenvalue weighted by Gasteiger charge is -2.38. The highest BCUT2D eigenvalue weighted by Gasteiger charge is 2.46. The zero-order valence-corrected chi connectivity index (χ0v) is 14.6. The van der Waals surface area contributed by atoms with Gasteiger partial charge in [0.2, 0.25) is 0 Å². The van der Waals surface area contributed by atoms with E-state index < -0.39 is 17.8 Å². The Morgan fingerprint density at radius 2 is 1.88 bits per heavy atom. The van der Waals surface area contributed by atoms with Gasteiger partial charge in [0, 0.05) is 20.1 Å². The van der Waals surface area contributed by atoms with Crippen LogP contribution in [0.1, 0.15) is 12.8 Å². The topological polar surface area (TPSA) is 79.4 Å². The van der Waals surface area contributed by atoms with Crippen molar-refractivity contribution in [2.45, 2.75) is 25.0 Å². The van der Waals surface area contributed by atoms with Gasteiger partial charge in [-0.15, -0.1) is 0 Å². The van der Waals surface area contributed by atoms with Gasteiger partial charge in [-0.05, 0) is 31.5 Å². The van der Waals surface area contributed by atoms with E-state index in [2.05, 4.69) is 4.90 Å². The van der Waals surface area contributed by atoms with Gasteiger partial charge in [0.05, 0.1) is 6.04 Å². The summed E-state index contributed by atoms with van der Waals surface area (Å²) in [4.78, 5) is 40.2. The van der Waals surface area contributed by atoms with Crippen LogP contribution in [0, 0.1) is 0 Å². The first-order valence-corrected chi connectivity index (χ1v) is 8.80. The predicted molar refractivity (Wildman–Crippen MR) is 90.8 cm³/mol. The highest BCUT2D eigenvalue weighted by atomic mass is 16.6. The molecule has 1 aromatic carbocycles. The van der Waals surface area contributed by atoms with E-state index in [4.69, 9.17) is 9.47 Å². The summed E-state index contributed by atoms with van der Waals surface area (Å²) < 4.78 is 11.7. The van der Waals surface area contributed by atoms with Crippen molar-refractivity contribution < 1.29 is 23.9 Å². The van der Waals surface area contributed by atoms with Crippen LogP contribution in [-0.2, 0) is 9.59 Å². The summed E-state index contributed by atoms with van der Waals surface area (Å²) in [6, 6.07) is 6.75. The molecule has 0 spiro atoms. The summed E-state index contributed by atoms with van der Waals surface area (Å²) in [5, 5.41) is 0. The third-order valence-corrected chi connectivity index (χ3v) is 5.07. The van der Waals surface area contributed by atoms with E-state index in [1.807, 2.05) is 24.3 Å². The lowest BCUT2D eigenvalue weighted by Crippen LogP contribution is -2.53. The molecule has 138 valence electrons. The van der Waals surface area contributed by atoms with Gasteiger partial charge in [-0.3, -0.25) is 24.3 Å². The second kappa shape index (κ2) is 6.60. The number of urea groups is 1. The molecule has 4 rings (SSSR count). The van der Waals surface area contributed by atoms with E-state index in [1.54, 1.807) is 0 Å². The number of hydrogen-bond donors (Lipinski definition) is 0. The minimum absolute atomic E-state index is 0.113. The number of amides is 4. The molecule has 0 aliphatic carbocycles. The number of benzene rings is 1. The van der Waals surface area contributed by atoms with E-state index in [-0.39, 0.29) is 12.1 Å². The van der Waals surface area contributed by atoms with Crippen LogP contribution in [-0.4, -0.2) is 78.0 Å². The van der Waals surface area contributed by atoms with E-state index >= 15 is 0 Å². The number of fused-ring (bicyclic) bond motifs is 1. The predicted octanol–water partition coefficient (Wildman–Crippen LogP) is 0.711. The number of carbonyl (C=O) groups excluding carboxylic acids is 3. The summed E-state index contributed by atoms with van der Waals surface area (Å²) in [5.41, 5.74) is 0. The molecule has 4 amide bonds. The molecule has 0 radical (unpaired) electrons. The minimum Gasteiger partial charge on any atom is -0.486 e. The number of carbonyl (C=O) groups is 3. The van der Waals surface area contributed by atoms with Crippen LogP contribution in [0.2, 0.25) is 0 Å². The first-order valence-electron chi connectivity index (χ1n) is 8.80. The molecule has 26 heavy (non-hydrogen) atoms. The average Bonchev–Trinajstić information content (AvgIpc) is 2.85. The average molecular weight is 359 g/mol. The first-order chi connectivity index (χ1) is 12.5. The number of rotatable bonds is 3. The number of nitrogens with zero attached hydrogens (tertiary/aromatic N) is 3. The Labute approximate surface area is 151 Å². The molecule has 0 aromatic heterocycles. The normalized spacial score (nSPS) is 26.6. The van der Waals surface area contributed by atoms with Crippen LogP contribution in [0.15, 0.2) is 24.3 Å². The number of imide groups is 2. The number of piperidine rings is 1. The summed E-state index contributed by atoms with van der Waals surface area (Å²) >= 11 is 0. The van der Waals surface area contributed by atoms with Gasteiger partial charge in [0.1, 0.15) is 12.7 Å². The lowest BCUT2D eigenvalue weighted by molar-refractivity contribution is -0.144. The van der Waals surface area contributed by atoms with Crippen LogP contribution in [0.5, 0.6) is 11.5 Å². The fraction of sp³-hybridized carbons (Fsp3) is 0.500. The van der Waals surface area contributed by atoms with Crippen LogP contribution in [0.3, 0.4) is 0 Å². The van der Waals surface area contributed by atoms with Gasteiger partial charge in [-0.25, -0.2) is 4.79 Å². The molecule has 0 unspecified atom stereocenters. The lowest BCUT2D eigenvalue weighted by atomic mass is 10.0. The highest BCUT2D eigenvalue weighted by Crippen LogP contribution is 2.31. The Balaban J connectivity index is 1.40. The number of likely N-dealkylation sites (N-methyl/N-ethyl adjacent to an activating group) is 1. The molecule has 3 heterocycles. The maximum atomic E-state index is 12.2. The number of hydrogen-bond acceptors (Lipinski definition) is 6. The van der Waals surface area contributed by atoms with Crippen LogP contribution < -0.4 is 9.47 Å². The third-order valence-electron chi connectivity index (χ3n) is 5.07. The van der Waals surface area contributed by atoms with Crippen LogP contribution >= 0.6 is 0 Å². The van der Waals surface area contributed by atoms with Gasteiger partial charge >= 0.3 is 17.8 Å². The second-order valence-corrected chi connectivity index (χ2v) is 6.88. The molecule has 3 aliphatic rings. The molecular formula is C18H21N3O5. The van der Waals surface area contributed by atoms with Crippen molar-refractivity contribution in [2.24, 2.45) is 0 Å². The van der Waals surface area contributed by atoms with Crippen LogP contribution in [0.25, 0.3) is 0 Å². The van der Waals surface area contributed by atoms with E-state index in [9.17, 15) is 14.4 Å². The molecule has 0 bridgehead atoms. The summed E-state index contributed by atoms with van der Waals surface area (Å²) in [6.45, 7) is 2.50. The monoisotopic (exact) mass is 359 g/mol. The number of ether oxygens (including phenoxy) is 2. The standard InChI is InChI=1S/C18H21N3O5/c1-19-16(22)17(23)21(18(19)24)12-5-4-8-20(9-12)10-13-11-25-14-6-2-3-7-15(14)26-13/h2-3,6-7,12-13H,4-5,8-11H2,1H3/t12-,13-/m0/s1. The minimum atomic E-state index is -0.757. The molecule has 0 saturated carbocycles. The van der Waals surface area contributed by atoms with E-state index in [0.717, 1.165) is 34.3 Å². The quantitative estimate of drug-likeness (QED) is 0.584. The fourth-order valence-corrected chi connectivity index (χ4v) is 3.75. The van der Waals surface area contributed by atoms with Crippen molar-refractivity contribution in [1.29, 1.82) is 0 Å². The molecule has 0 N–H and O–H groups in total. The summed E-state index contributed by atoms with van der Waals surface area (Å²) in [5.74, 6) is -0.00668. The smallest absolute Gasteiger partial charge is 0.334 e. The maximum absolute atomic E-state index is 12.2. The zero-order valence-electron chi connectivity index (χ0n) is 14.6. The van der Waals surface area contributed by atoms with Gasteiger partial charge in [0.15, 0.2) is 11.5 Å². The molecule has 1 aromatic rings. The van der Waals surface area contributed by atoms with Crippen molar-refractivity contribution in [1.82, 2.24) is 14.7 Å². The Kier molecular flexibility index (Phi) is 4.28. The molecule has 8 heteroatoms.